The quantitative estimate of drug-likeness (QED) is 0.423. The van der Waals surface area contributed by atoms with Gasteiger partial charge in [-0.25, -0.2) is 0 Å². The third-order valence-corrected chi connectivity index (χ3v) is 3.86. The van der Waals surface area contributed by atoms with E-state index in [1.807, 2.05) is 36.4 Å². The van der Waals surface area contributed by atoms with E-state index in [0.717, 1.165) is 18.4 Å². The van der Waals surface area contributed by atoms with Crippen LogP contribution in [0.25, 0.3) is 6.08 Å². The Morgan fingerprint density at radius 2 is 1.72 bits per heavy atom. The summed E-state index contributed by atoms with van der Waals surface area (Å²) in [6.07, 6.45) is 11.2. The van der Waals surface area contributed by atoms with Crippen LogP contribution in [0.3, 0.4) is 0 Å². The molecule has 0 heterocycles. The number of benzene rings is 1. The minimum absolute atomic E-state index is 0.0784. The molecule has 0 aliphatic rings. The Labute approximate surface area is 151 Å². The summed E-state index contributed by atoms with van der Waals surface area (Å²) in [6.45, 7) is 3.12. The normalized spacial score (nSPS) is 10.8. The Morgan fingerprint density at radius 1 is 1.00 bits per heavy atom. The third kappa shape index (κ3) is 12.0. The second-order valence-electron chi connectivity index (χ2n) is 6.11. The van der Waals surface area contributed by atoms with E-state index in [0.29, 0.717) is 6.54 Å². The zero-order valence-electron chi connectivity index (χ0n) is 15.3. The molecule has 0 saturated heterocycles. The Hall–Kier alpha value is -2.10. The van der Waals surface area contributed by atoms with Gasteiger partial charge in [-0.1, -0.05) is 75.4 Å². The lowest BCUT2D eigenvalue weighted by Gasteiger charge is -2.05. The molecule has 1 rings (SSSR count). The van der Waals surface area contributed by atoms with Crippen LogP contribution in [-0.4, -0.2) is 25.0 Å². The van der Waals surface area contributed by atoms with Crippen LogP contribution in [0.15, 0.2) is 36.4 Å². The third-order valence-electron chi connectivity index (χ3n) is 3.86. The molecule has 1 N–H and O–H groups in total. The van der Waals surface area contributed by atoms with E-state index in [1.165, 1.54) is 25.7 Å². The minimum atomic E-state index is -0.340. The monoisotopic (exact) mass is 345 g/mol. The maximum atomic E-state index is 11.7. The summed E-state index contributed by atoms with van der Waals surface area (Å²) in [6, 6.07) is 9.82. The molecule has 0 aliphatic heterocycles. The van der Waals surface area contributed by atoms with Crippen molar-refractivity contribution in [2.24, 2.45) is 0 Å². The fourth-order valence-corrected chi connectivity index (χ4v) is 2.40. The highest BCUT2D eigenvalue weighted by atomic mass is 16.5. The second kappa shape index (κ2) is 14.3. The van der Waals surface area contributed by atoms with Crippen LogP contribution in [0.2, 0.25) is 0 Å². The predicted molar refractivity (Wildman–Crippen MR) is 102 cm³/mol. The average Bonchev–Trinajstić information content (AvgIpc) is 2.63. The van der Waals surface area contributed by atoms with Gasteiger partial charge in [0.05, 0.1) is 6.42 Å². The number of ether oxygens (including phenoxy) is 1. The van der Waals surface area contributed by atoms with Gasteiger partial charge in [0.15, 0.2) is 0 Å². The van der Waals surface area contributed by atoms with Crippen molar-refractivity contribution in [2.45, 2.75) is 58.3 Å². The molecule has 0 fully saturated rings. The summed E-state index contributed by atoms with van der Waals surface area (Å²) in [5.74, 6) is -0.419. The van der Waals surface area contributed by atoms with E-state index in [4.69, 9.17) is 4.74 Å². The van der Waals surface area contributed by atoms with Crippen molar-refractivity contribution < 1.29 is 14.3 Å². The molecule has 1 aromatic carbocycles. The molecule has 1 amide bonds. The number of hydrogen-bond acceptors (Lipinski definition) is 3. The van der Waals surface area contributed by atoms with E-state index < -0.39 is 0 Å². The number of carbonyl (C=O) groups excluding carboxylic acids is 2. The number of hydrogen-bond donors (Lipinski definition) is 1. The molecule has 0 aromatic heterocycles. The van der Waals surface area contributed by atoms with Crippen LogP contribution < -0.4 is 5.32 Å². The number of amides is 1. The Bertz CT molecular complexity index is 511. The van der Waals surface area contributed by atoms with Gasteiger partial charge in [0, 0.05) is 13.0 Å². The highest BCUT2D eigenvalue weighted by molar-refractivity contribution is 5.81. The molecule has 0 aliphatic carbocycles. The number of carbonyl (C=O) groups is 2. The van der Waals surface area contributed by atoms with Crippen LogP contribution in [0.1, 0.15) is 63.9 Å². The predicted octanol–water partition coefficient (Wildman–Crippen LogP) is 4.50. The summed E-state index contributed by atoms with van der Waals surface area (Å²) in [5, 5.41) is 2.86. The zero-order chi connectivity index (χ0) is 18.2. The molecule has 0 atom stereocenters. The lowest BCUT2D eigenvalue weighted by molar-refractivity contribution is -0.143. The Morgan fingerprint density at radius 3 is 2.48 bits per heavy atom. The highest BCUT2D eigenvalue weighted by Gasteiger charge is 2.06. The largest absolute Gasteiger partial charge is 0.461 e. The number of unbranched alkanes of at least 4 members (excludes halogenated alkanes) is 5. The van der Waals surface area contributed by atoms with E-state index in [9.17, 15) is 9.59 Å². The Balaban J connectivity index is 2.00. The first-order valence-electron chi connectivity index (χ1n) is 9.36. The number of rotatable bonds is 13. The summed E-state index contributed by atoms with van der Waals surface area (Å²) < 4.78 is 5.09. The topological polar surface area (TPSA) is 55.4 Å². The Kier molecular flexibility index (Phi) is 11.9. The van der Waals surface area contributed by atoms with E-state index in [2.05, 4.69) is 12.2 Å². The maximum absolute atomic E-state index is 11.7. The van der Waals surface area contributed by atoms with E-state index >= 15 is 0 Å². The van der Waals surface area contributed by atoms with Gasteiger partial charge in [-0.3, -0.25) is 9.59 Å². The first-order chi connectivity index (χ1) is 12.2. The molecule has 0 radical (unpaired) electrons. The summed E-state index contributed by atoms with van der Waals surface area (Å²) in [7, 11) is 0. The van der Waals surface area contributed by atoms with Gasteiger partial charge in [-0.2, -0.15) is 0 Å². The summed E-state index contributed by atoms with van der Waals surface area (Å²) >= 11 is 0. The fraction of sp³-hybridized carbons (Fsp3) is 0.524. The van der Waals surface area contributed by atoms with Gasteiger partial charge < -0.3 is 10.1 Å². The fourth-order valence-electron chi connectivity index (χ4n) is 2.40. The van der Waals surface area contributed by atoms with Crippen molar-refractivity contribution in [1.82, 2.24) is 5.32 Å². The van der Waals surface area contributed by atoms with Crippen LogP contribution >= 0.6 is 0 Å². The highest BCUT2D eigenvalue weighted by Crippen LogP contribution is 2.04. The van der Waals surface area contributed by atoms with Crippen molar-refractivity contribution in [2.75, 3.05) is 13.2 Å². The van der Waals surface area contributed by atoms with Crippen molar-refractivity contribution in [3.05, 3.63) is 42.0 Å². The summed E-state index contributed by atoms with van der Waals surface area (Å²) in [5.41, 5.74) is 1.06. The first-order valence-corrected chi connectivity index (χ1v) is 9.36. The van der Waals surface area contributed by atoms with Crippen molar-refractivity contribution in [3.63, 3.8) is 0 Å². The van der Waals surface area contributed by atoms with Crippen LogP contribution in [0.4, 0.5) is 0 Å². The lowest BCUT2D eigenvalue weighted by atomic mass is 10.1. The molecule has 0 saturated carbocycles. The molecule has 138 valence electrons. The van der Waals surface area contributed by atoms with Gasteiger partial charge in [0.2, 0.25) is 5.91 Å². The molecule has 0 unspecified atom stereocenters. The molecule has 4 heteroatoms. The van der Waals surface area contributed by atoms with E-state index in [1.54, 1.807) is 6.08 Å². The maximum Gasteiger partial charge on any atom is 0.306 e. The SMILES string of the molecule is CCCCCCCCNC(=O)CCC(=O)OC/C=C/c1ccccc1. The number of nitrogens with one attached hydrogen (secondary N) is 1. The van der Waals surface area contributed by atoms with Gasteiger partial charge in [-0.15, -0.1) is 0 Å². The van der Waals surface area contributed by atoms with Crippen LogP contribution in [-0.2, 0) is 14.3 Å². The second-order valence-corrected chi connectivity index (χ2v) is 6.11. The van der Waals surface area contributed by atoms with Gasteiger partial charge in [-0.05, 0) is 18.1 Å². The van der Waals surface area contributed by atoms with Crippen LogP contribution in [0, 0.1) is 0 Å². The summed E-state index contributed by atoms with van der Waals surface area (Å²) in [4.78, 5) is 23.3. The average molecular weight is 345 g/mol. The molecular weight excluding hydrogens is 314 g/mol. The molecule has 0 bridgehead atoms. The number of esters is 1. The first kappa shape index (κ1) is 20.9. The molecule has 25 heavy (non-hydrogen) atoms. The molecule has 0 spiro atoms. The van der Waals surface area contributed by atoms with E-state index in [-0.39, 0.29) is 31.3 Å². The van der Waals surface area contributed by atoms with Gasteiger partial charge in [0.25, 0.3) is 0 Å². The minimum Gasteiger partial charge on any atom is -0.461 e. The van der Waals surface area contributed by atoms with Gasteiger partial charge >= 0.3 is 5.97 Å². The zero-order valence-corrected chi connectivity index (χ0v) is 15.3. The van der Waals surface area contributed by atoms with Crippen molar-refractivity contribution in [1.29, 1.82) is 0 Å². The van der Waals surface area contributed by atoms with Crippen LogP contribution in [0.5, 0.6) is 0 Å². The van der Waals surface area contributed by atoms with Crippen molar-refractivity contribution in [3.8, 4) is 0 Å². The van der Waals surface area contributed by atoms with Crippen molar-refractivity contribution >= 4 is 18.0 Å². The smallest absolute Gasteiger partial charge is 0.306 e. The standard InChI is InChI=1S/C21H31NO3/c1-2-3-4-5-6-10-17-22-20(23)15-16-21(24)25-18-11-14-19-12-8-7-9-13-19/h7-9,11-14H,2-6,10,15-18H2,1H3,(H,22,23)/b14-11+. The molecule has 4 nitrogen and oxygen atoms in total. The lowest BCUT2D eigenvalue weighted by Crippen LogP contribution is -2.25. The molecule has 1 aromatic rings. The van der Waals surface area contributed by atoms with Gasteiger partial charge in [0.1, 0.15) is 6.61 Å². The molecular formula is C21H31NO3.